The van der Waals surface area contributed by atoms with Crippen molar-refractivity contribution < 1.29 is 0 Å². The van der Waals surface area contributed by atoms with E-state index in [1.54, 1.807) is 0 Å². The third-order valence-electron chi connectivity index (χ3n) is 4.16. The average molecular weight is 305 g/mol. The Morgan fingerprint density at radius 3 is 2.76 bits per heavy atom. The molecule has 1 N–H and O–H groups in total. The Morgan fingerprint density at radius 1 is 1.29 bits per heavy atom. The molecule has 1 aliphatic heterocycles. The van der Waals surface area contributed by atoms with Crippen molar-refractivity contribution in [3.05, 3.63) is 46.5 Å². The van der Waals surface area contributed by atoms with Crippen LogP contribution in [0.3, 0.4) is 0 Å². The molecule has 2 unspecified atom stereocenters. The van der Waals surface area contributed by atoms with Crippen LogP contribution in [0.15, 0.2) is 24.3 Å². The number of hydrogen-bond donors (Lipinski definition) is 1. The second-order valence-corrected chi connectivity index (χ2v) is 6.07. The van der Waals surface area contributed by atoms with Crippen LogP contribution in [-0.2, 0) is 13.0 Å². The second-order valence-electron chi connectivity index (χ2n) is 5.63. The third kappa shape index (κ3) is 2.97. The van der Waals surface area contributed by atoms with E-state index in [1.807, 2.05) is 12.1 Å². The standard InChI is InChI=1S/C16H21ClN4/c1-3-14(12-6-8-13(17)9-7-12)18-11(2)16-20-19-15-5-4-10-21(15)16/h6-9,11,14,18H,3-5,10H2,1-2H3. The number of hydrogen-bond acceptors (Lipinski definition) is 3. The van der Waals surface area contributed by atoms with Crippen LogP contribution in [0.25, 0.3) is 0 Å². The van der Waals surface area contributed by atoms with Gasteiger partial charge in [0.2, 0.25) is 0 Å². The summed E-state index contributed by atoms with van der Waals surface area (Å²) in [6, 6.07) is 8.55. The number of nitrogens with one attached hydrogen (secondary N) is 1. The zero-order valence-electron chi connectivity index (χ0n) is 12.5. The monoisotopic (exact) mass is 304 g/mol. The van der Waals surface area contributed by atoms with E-state index in [1.165, 1.54) is 12.0 Å². The van der Waals surface area contributed by atoms with Gasteiger partial charge in [-0.1, -0.05) is 30.7 Å². The van der Waals surface area contributed by atoms with Gasteiger partial charge in [-0.3, -0.25) is 0 Å². The maximum atomic E-state index is 5.97. The van der Waals surface area contributed by atoms with Gasteiger partial charge in [-0.25, -0.2) is 0 Å². The Morgan fingerprint density at radius 2 is 2.05 bits per heavy atom. The van der Waals surface area contributed by atoms with Crippen molar-refractivity contribution in [2.75, 3.05) is 0 Å². The molecule has 1 aromatic carbocycles. The Hall–Kier alpha value is -1.39. The van der Waals surface area contributed by atoms with Gasteiger partial charge in [0.15, 0.2) is 0 Å². The molecule has 0 radical (unpaired) electrons. The predicted octanol–water partition coefficient (Wildman–Crippen LogP) is 3.68. The summed E-state index contributed by atoms with van der Waals surface area (Å²) in [6.07, 6.45) is 3.25. The minimum atomic E-state index is 0.185. The topological polar surface area (TPSA) is 42.7 Å². The molecule has 0 bridgehead atoms. The summed E-state index contributed by atoms with van der Waals surface area (Å²) in [5.74, 6) is 2.17. The van der Waals surface area contributed by atoms with Crippen LogP contribution in [0.1, 0.15) is 56.0 Å². The molecule has 1 aliphatic rings. The van der Waals surface area contributed by atoms with E-state index in [0.717, 1.165) is 36.1 Å². The molecular formula is C16H21ClN4. The van der Waals surface area contributed by atoms with Crippen LogP contribution >= 0.6 is 11.6 Å². The second kappa shape index (κ2) is 6.16. The van der Waals surface area contributed by atoms with Gasteiger partial charge in [0, 0.05) is 24.0 Å². The van der Waals surface area contributed by atoms with E-state index in [4.69, 9.17) is 11.6 Å². The van der Waals surface area contributed by atoms with Crippen LogP contribution in [-0.4, -0.2) is 14.8 Å². The lowest BCUT2D eigenvalue weighted by atomic mass is 10.0. The summed E-state index contributed by atoms with van der Waals surface area (Å²) in [5.41, 5.74) is 1.26. The van der Waals surface area contributed by atoms with Crippen LogP contribution in [0.5, 0.6) is 0 Å². The highest BCUT2D eigenvalue weighted by Crippen LogP contribution is 2.24. The van der Waals surface area contributed by atoms with E-state index in [2.05, 4.69) is 46.1 Å². The van der Waals surface area contributed by atoms with Gasteiger partial charge in [0.05, 0.1) is 6.04 Å². The van der Waals surface area contributed by atoms with Crippen molar-refractivity contribution in [1.29, 1.82) is 0 Å². The van der Waals surface area contributed by atoms with E-state index in [0.29, 0.717) is 6.04 Å². The van der Waals surface area contributed by atoms with Crippen molar-refractivity contribution in [3.8, 4) is 0 Å². The van der Waals surface area contributed by atoms with Crippen molar-refractivity contribution in [3.63, 3.8) is 0 Å². The summed E-state index contributed by atoms with van der Waals surface area (Å²) in [5, 5.41) is 13.1. The lowest BCUT2D eigenvalue weighted by Crippen LogP contribution is -2.26. The highest BCUT2D eigenvalue weighted by atomic mass is 35.5. The molecule has 0 spiro atoms. The normalized spacial score (nSPS) is 16.7. The molecule has 1 aromatic heterocycles. The van der Waals surface area contributed by atoms with Gasteiger partial charge in [-0.05, 0) is 37.5 Å². The van der Waals surface area contributed by atoms with E-state index in [9.17, 15) is 0 Å². The Kier molecular flexibility index (Phi) is 4.27. The number of rotatable bonds is 5. The molecule has 5 heteroatoms. The molecule has 2 atom stereocenters. The molecule has 4 nitrogen and oxygen atoms in total. The zero-order valence-corrected chi connectivity index (χ0v) is 13.3. The molecule has 21 heavy (non-hydrogen) atoms. The summed E-state index contributed by atoms with van der Waals surface area (Å²) in [7, 11) is 0. The van der Waals surface area contributed by atoms with Crippen LogP contribution in [0, 0.1) is 0 Å². The Balaban J connectivity index is 1.75. The summed E-state index contributed by atoms with van der Waals surface area (Å²) >= 11 is 5.97. The average Bonchev–Trinajstić information content (AvgIpc) is 3.08. The minimum Gasteiger partial charge on any atom is -0.314 e. The largest absolute Gasteiger partial charge is 0.314 e. The Bertz CT molecular complexity index is 605. The molecule has 2 aromatic rings. The molecule has 112 valence electrons. The fraction of sp³-hybridized carbons (Fsp3) is 0.500. The minimum absolute atomic E-state index is 0.185. The summed E-state index contributed by atoms with van der Waals surface area (Å²) in [6.45, 7) is 5.39. The van der Waals surface area contributed by atoms with E-state index in [-0.39, 0.29) is 6.04 Å². The van der Waals surface area contributed by atoms with Gasteiger partial charge in [0.1, 0.15) is 11.6 Å². The first-order valence-corrected chi connectivity index (χ1v) is 8.00. The van der Waals surface area contributed by atoms with E-state index >= 15 is 0 Å². The molecule has 0 fully saturated rings. The number of nitrogens with zero attached hydrogens (tertiary/aromatic N) is 3. The van der Waals surface area contributed by atoms with Gasteiger partial charge in [-0.2, -0.15) is 0 Å². The highest BCUT2D eigenvalue weighted by molar-refractivity contribution is 6.30. The van der Waals surface area contributed by atoms with Crippen molar-refractivity contribution in [1.82, 2.24) is 20.1 Å². The van der Waals surface area contributed by atoms with Crippen molar-refractivity contribution in [2.24, 2.45) is 0 Å². The van der Waals surface area contributed by atoms with Gasteiger partial charge in [0.25, 0.3) is 0 Å². The van der Waals surface area contributed by atoms with Gasteiger partial charge in [-0.15, -0.1) is 10.2 Å². The lowest BCUT2D eigenvalue weighted by Gasteiger charge is -2.22. The fourth-order valence-electron chi connectivity index (χ4n) is 3.01. The lowest BCUT2D eigenvalue weighted by molar-refractivity contribution is 0.430. The van der Waals surface area contributed by atoms with Gasteiger partial charge < -0.3 is 9.88 Å². The molecule has 0 amide bonds. The molecule has 0 saturated carbocycles. The van der Waals surface area contributed by atoms with Crippen LogP contribution in [0.4, 0.5) is 0 Å². The first kappa shape index (κ1) is 14.5. The number of aromatic nitrogens is 3. The SMILES string of the molecule is CCC(NC(C)c1nnc2n1CCC2)c1ccc(Cl)cc1. The molecular weight excluding hydrogens is 284 g/mol. The number of aryl methyl sites for hydroxylation is 1. The molecule has 2 heterocycles. The highest BCUT2D eigenvalue weighted by Gasteiger charge is 2.23. The van der Waals surface area contributed by atoms with Crippen molar-refractivity contribution >= 4 is 11.6 Å². The quantitative estimate of drug-likeness (QED) is 0.916. The maximum Gasteiger partial charge on any atom is 0.149 e. The third-order valence-corrected chi connectivity index (χ3v) is 4.41. The van der Waals surface area contributed by atoms with Crippen LogP contribution < -0.4 is 5.32 Å². The smallest absolute Gasteiger partial charge is 0.149 e. The zero-order chi connectivity index (χ0) is 14.8. The molecule has 0 saturated heterocycles. The summed E-state index contributed by atoms with van der Waals surface area (Å²) in [4.78, 5) is 0. The Labute approximate surface area is 130 Å². The maximum absolute atomic E-state index is 5.97. The van der Waals surface area contributed by atoms with Crippen LogP contribution in [0.2, 0.25) is 5.02 Å². The van der Waals surface area contributed by atoms with Gasteiger partial charge >= 0.3 is 0 Å². The predicted molar refractivity (Wildman–Crippen MR) is 84.4 cm³/mol. The molecule has 3 rings (SSSR count). The first-order valence-electron chi connectivity index (χ1n) is 7.62. The van der Waals surface area contributed by atoms with E-state index < -0.39 is 0 Å². The number of halogens is 1. The number of benzene rings is 1. The fourth-order valence-corrected chi connectivity index (χ4v) is 3.14. The number of fused-ring (bicyclic) bond motifs is 1. The summed E-state index contributed by atoms with van der Waals surface area (Å²) < 4.78 is 2.26. The molecule has 0 aliphatic carbocycles. The van der Waals surface area contributed by atoms with Crippen molar-refractivity contribution in [2.45, 2.75) is 51.7 Å². The first-order chi connectivity index (χ1) is 10.2.